The molecule has 0 spiro atoms. The number of benzene rings is 1. The van der Waals surface area contributed by atoms with Crippen LogP contribution in [0.3, 0.4) is 0 Å². The number of rotatable bonds is 2. The van der Waals surface area contributed by atoms with Gasteiger partial charge in [-0.3, -0.25) is 4.79 Å². The predicted molar refractivity (Wildman–Crippen MR) is 70.8 cm³/mol. The van der Waals surface area contributed by atoms with Crippen molar-refractivity contribution in [3.63, 3.8) is 0 Å². The summed E-state index contributed by atoms with van der Waals surface area (Å²) >= 11 is 12.5. The Bertz CT molecular complexity index is 387. The number of hydrogen-bond donors (Lipinski definition) is 1. The van der Waals surface area contributed by atoms with E-state index in [2.05, 4.69) is 37.2 Å². The number of amides is 1. The summed E-state index contributed by atoms with van der Waals surface area (Å²) in [7, 11) is 0. The minimum absolute atomic E-state index is 0.120. The summed E-state index contributed by atoms with van der Waals surface area (Å²) in [6.07, 6.45) is 0. The molecular formula is C10H10Br2ClNO. The molecule has 1 amide bonds. The van der Waals surface area contributed by atoms with Crippen LogP contribution in [0.5, 0.6) is 0 Å². The molecule has 0 saturated carbocycles. The van der Waals surface area contributed by atoms with E-state index in [9.17, 15) is 4.79 Å². The van der Waals surface area contributed by atoms with Crippen LogP contribution in [0.15, 0.2) is 22.7 Å². The van der Waals surface area contributed by atoms with Crippen molar-refractivity contribution < 1.29 is 4.79 Å². The third-order valence-corrected chi connectivity index (χ3v) is 3.00. The van der Waals surface area contributed by atoms with Crippen LogP contribution >= 0.6 is 43.5 Å². The molecule has 0 fully saturated rings. The first-order chi connectivity index (χ1) is 6.80. The molecule has 0 aliphatic carbocycles. The Kier molecular flexibility index (Phi) is 4.20. The molecule has 0 aliphatic rings. The van der Waals surface area contributed by atoms with Crippen LogP contribution in [0.25, 0.3) is 0 Å². The molecule has 0 aliphatic heterocycles. The molecule has 0 saturated heterocycles. The van der Waals surface area contributed by atoms with Crippen LogP contribution in [0.1, 0.15) is 13.8 Å². The highest BCUT2D eigenvalue weighted by Crippen LogP contribution is 2.27. The maximum absolute atomic E-state index is 11.7. The molecule has 1 aromatic carbocycles. The molecular weight excluding hydrogens is 345 g/mol. The number of nitrogens with one attached hydrogen (secondary N) is 1. The average Bonchev–Trinajstić information content (AvgIpc) is 2.09. The van der Waals surface area contributed by atoms with Crippen molar-refractivity contribution in [1.29, 1.82) is 0 Å². The Morgan fingerprint density at radius 3 is 2.60 bits per heavy atom. The van der Waals surface area contributed by atoms with E-state index in [4.69, 9.17) is 11.6 Å². The van der Waals surface area contributed by atoms with Crippen LogP contribution < -0.4 is 5.32 Å². The first kappa shape index (κ1) is 13.0. The summed E-state index contributed by atoms with van der Waals surface area (Å²) in [5.74, 6) is -0.120. The van der Waals surface area contributed by atoms with Crippen molar-refractivity contribution in [2.24, 2.45) is 0 Å². The van der Waals surface area contributed by atoms with Crippen LogP contribution in [-0.4, -0.2) is 10.2 Å². The van der Waals surface area contributed by atoms with E-state index in [1.807, 2.05) is 0 Å². The number of anilines is 1. The normalized spacial score (nSPS) is 11.3. The average molecular weight is 355 g/mol. The van der Waals surface area contributed by atoms with Gasteiger partial charge < -0.3 is 5.32 Å². The summed E-state index contributed by atoms with van der Waals surface area (Å²) in [5.41, 5.74) is 0.667. The third-order valence-electron chi connectivity index (χ3n) is 1.72. The first-order valence-corrected chi connectivity index (χ1v) is 6.22. The van der Waals surface area contributed by atoms with Gasteiger partial charge in [0.25, 0.3) is 0 Å². The lowest BCUT2D eigenvalue weighted by Gasteiger charge is -2.16. The maximum Gasteiger partial charge on any atom is 0.240 e. The minimum atomic E-state index is -0.602. The van der Waals surface area contributed by atoms with Gasteiger partial charge in [-0.25, -0.2) is 0 Å². The van der Waals surface area contributed by atoms with E-state index in [0.29, 0.717) is 10.7 Å². The quantitative estimate of drug-likeness (QED) is 0.791. The molecule has 82 valence electrons. The van der Waals surface area contributed by atoms with Gasteiger partial charge in [0.05, 0.1) is 10.0 Å². The molecule has 0 aromatic heterocycles. The van der Waals surface area contributed by atoms with Gasteiger partial charge in [-0.1, -0.05) is 27.5 Å². The highest BCUT2D eigenvalue weighted by molar-refractivity contribution is 9.10. The van der Waals surface area contributed by atoms with E-state index < -0.39 is 4.32 Å². The fraction of sp³-hybridized carbons (Fsp3) is 0.300. The predicted octanol–water partition coefficient (Wildman–Crippen LogP) is 4.21. The van der Waals surface area contributed by atoms with E-state index in [1.165, 1.54) is 0 Å². The summed E-state index contributed by atoms with van der Waals surface area (Å²) in [4.78, 5) is 11.7. The minimum Gasteiger partial charge on any atom is -0.324 e. The fourth-order valence-corrected chi connectivity index (χ4v) is 1.48. The van der Waals surface area contributed by atoms with Gasteiger partial charge in [0.1, 0.15) is 0 Å². The lowest BCUT2D eigenvalue weighted by Crippen LogP contribution is -2.31. The molecule has 1 aromatic rings. The van der Waals surface area contributed by atoms with E-state index in [1.54, 1.807) is 32.0 Å². The van der Waals surface area contributed by atoms with Crippen LogP contribution in [0, 0.1) is 0 Å². The Labute approximate surface area is 111 Å². The highest BCUT2D eigenvalue weighted by atomic mass is 79.9. The lowest BCUT2D eigenvalue weighted by molar-refractivity contribution is -0.117. The SMILES string of the molecule is CC(C)(Br)C(=O)Nc1cc(Cl)ccc1Br. The number of hydrogen-bond acceptors (Lipinski definition) is 1. The summed E-state index contributed by atoms with van der Waals surface area (Å²) < 4.78 is 0.200. The van der Waals surface area contributed by atoms with Crippen molar-refractivity contribution in [3.8, 4) is 0 Å². The zero-order valence-corrected chi connectivity index (χ0v) is 12.2. The van der Waals surface area contributed by atoms with Crippen LogP contribution in [0.2, 0.25) is 5.02 Å². The molecule has 1 rings (SSSR count). The molecule has 0 unspecified atom stereocenters. The second kappa shape index (κ2) is 4.85. The smallest absolute Gasteiger partial charge is 0.240 e. The second-order valence-corrected chi connectivity index (χ2v) is 6.82. The Hall–Kier alpha value is -0.0600. The van der Waals surface area contributed by atoms with Gasteiger partial charge >= 0.3 is 0 Å². The lowest BCUT2D eigenvalue weighted by atomic mass is 10.2. The molecule has 15 heavy (non-hydrogen) atoms. The standard InChI is InChI=1S/C10H10Br2ClNO/c1-10(2,12)9(15)14-8-5-6(13)3-4-7(8)11/h3-5H,1-2H3,(H,14,15). The van der Waals surface area contributed by atoms with Gasteiger partial charge in [-0.05, 0) is 48.0 Å². The Morgan fingerprint density at radius 2 is 2.07 bits per heavy atom. The van der Waals surface area contributed by atoms with Gasteiger partial charge in [0.15, 0.2) is 0 Å². The van der Waals surface area contributed by atoms with Crippen molar-refractivity contribution >= 4 is 55.1 Å². The zero-order chi connectivity index (χ0) is 11.6. The van der Waals surface area contributed by atoms with E-state index in [-0.39, 0.29) is 5.91 Å². The van der Waals surface area contributed by atoms with Gasteiger partial charge in [-0.15, -0.1) is 0 Å². The summed E-state index contributed by atoms with van der Waals surface area (Å²) in [5, 5.41) is 3.36. The summed E-state index contributed by atoms with van der Waals surface area (Å²) in [6, 6.07) is 5.24. The molecule has 5 heteroatoms. The monoisotopic (exact) mass is 353 g/mol. The van der Waals surface area contributed by atoms with Crippen molar-refractivity contribution in [2.45, 2.75) is 18.2 Å². The zero-order valence-electron chi connectivity index (χ0n) is 8.27. The molecule has 0 atom stereocenters. The Balaban J connectivity index is 2.90. The van der Waals surface area contributed by atoms with E-state index in [0.717, 1.165) is 4.47 Å². The number of halogens is 3. The molecule has 0 radical (unpaired) electrons. The summed E-state index contributed by atoms with van der Waals surface area (Å²) in [6.45, 7) is 3.56. The topological polar surface area (TPSA) is 29.1 Å². The van der Waals surface area contributed by atoms with Gasteiger partial charge in [-0.2, -0.15) is 0 Å². The van der Waals surface area contributed by atoms with Gasteiger partial charge in [0.2, 0.25) is 5.91 Å². The number of carbonyl (C=O) groups excluding carboxylic acids is 1. The molecule has 0 bridgehead atoms. The number of alkyl halides is 1. The fourth-order valence-electron chi connectivity index (χ4n) is 0.864. The first-order valence-electron chi connectivity index (χ1n) is 4.26. The van der Waals surface area contributed by atoms with Gasteiger partial charge in [0, 0.05) is 9.50 Å². The van der Waals surface area contributed by atoms with Crippen molar-refractivity contribution in [1.82, 2.24) is 0 Å². The molecule has 1 N–H and O–H groups in total. The second-order valence-electron chi connectivity index (χ2n) is 3.55. The molecule has 0 heterocycles. The highest BCUT2D eigenvalue weighted by Gasteiger charge is 2.24. The Morgan fingerprint density at radius 1 is 1.47 bits per heavy atom. The third kappa shape index (κ3) is 3.78. The van der Waals surface area contributed by atoms with E-state index >= 15 is 0 Å². The van der Waals surface area contributed by atoms with Crippen LogP contribution in [-0.2, 0) is 4.79 Å². The largest absolute Gasteiger partial charge is 0.324 e. The molecule has 2 nitrogen and oxygen atoms in total. The van der Waals surface area contributed by atoms with Crippen molar-refractivity contribution in [2.75, 3.05) is 5.32 Å². The number of carbonyl (C=O) groups is 1. The maximum atomic E-state index is 11.7. The van der Waals surface area contributed by atoms with Crippen LogP contribution in [0.4, 0.5) is 5.69 Å². The van der Waals surface area contributed by atoms with Crippen molar-refractivity contribution in [3.05, 3.63) is 27.7 Å².